The van der Waals surface area contributed by atoms with E-state index in [1.165, 1.54) is 12.1 Å². The molecule has 0 aliphatic rings. The molecule has 0 unspecified atom stereocenters. The van der Waals surface area contributed by atoms with Crippen LogP contribution < -0.4 is 10.6 Å². The van der Waals surface area contributed by atoms with Crippen molar-refractivity contribution in [3.05, 3.63) is 23.5 Å². The molecule has 0 spiro atoms. The normalized spacial score (nSPS) is 10.7. The number of carboxylic acids is 1. The lowest BCUT2D eigenvalue weighted by Crippen LogP contribution is -2.31. The third-order valence-electron chi connectivity index (χ3n) is 3.22. The molecule has 1 rings (SSSR count). The summed E-state index contributed by atoms with van der Waals surface area (Å²) in [5.74, 6) is -2.07. The number of hydrogen-bond acceptors (Lipinski definition) is 3. The highest BCUT2D eigenvalue weighted by molar-refractivity contribution is 5.90. The summed E-state index contributed by atoms with van der Waals surface area (Å²) in [6.45, 7) is 4.09. The Morgan fingerprint density at radius 1 is 1.44 bits per heavy atom. The quantitative estimate of drug-likeness (QED) is 0.793. The van der Waals surface area contributed by atoms with Gasteiger partial charge in [-0.15, -0.1) is 0 Å². The SMILES string of the molecule is CCC(CC)N(C)c1cc(F)c(C(=O)O)cc1N. The number of halogens is 1. The zero-order valence-corrected chi connectivity index (χ0v) is 10.9. The van der Waals surface area contributed by atoms with Crippen LogP contribution in [0.25, 0.3) is 0 Å². The minimum absolute atomic E-state index is 0.252. The second-order valence-electron chi connectivity index (χ2n) is 4.28. The lowest BCUT2D eigenvalue weighted by molar-refractivity contribution is 0.0692. The van der Waals surface area contributed by atoms with Crippen molar-refractivity contribution in [2.24, 2.45) is 0 Å². The van der Waals surface area contributed by atoms with Crippen LogP contribution in [-0.4, -0.2) is 24.2 Å². The average molecular weight is 254 g/mol. The number of hydrogen-bond donors (Lipinski definition) is 2. The van der Waals surface area contributed by atoms with Crippen LogP contribution >= 0.6 is 0 Å². The molecule has 18 heavy (non-hydrogen) atoms. The first-order chi connectivity index (χ1) is 8.42. The van der Waals surface area contributed by atoms with Crippen molar-refractivity contribution in [3.8, 4) is 0 Å². The Morgan fingerprint density at radius 3 is 2.44 bits per heavy atom. The van der Waals surface area contributed by atoms with Crippen LogP contribution in [0, 0.1) is 5.82 Å². The molecule has 0 heterocycles. The van der Waals surface area contributed by atoms with Crippen molar-refractivity contribution in [1.29, 1.82) is 0 Å². The molecule has 0 saturated heterocycles. The lowest BCUT2D eigenvalue weighted by atomic mass is 10.1. The Kier molecular flexibility index (Phi) is 4.53. The number of nitrogens with two attached hydrogens (primary N) is 1. The van der Waals surface area contributed by atoms with Gasteiger partial charge in [-0.1, -0.05) is 13.8 Å². The first-order valence-electron chi connectivity index (χ1n) is 5.97. The molecule has 1 aromatic carbocycles. The largest absolute Gasteiger partial charge is 0.478 e. The molecule has 5 heteroatoms. The van der Waals surface area contributed by atoms with E-state index in [-0.39, 0.29) is 11.7 Å². The van der Waals surface area contributed by atoms with Gasteiger partial charge in [-0.25, -0.2) is 9.18 Å². The van der Waals surface area contributed by atoms with Crippen molar-refractivity contribution in [3.63, 3.8) is 0 Å². The molecule has 0 saturated carbocycles. The fourth-order valence-electron chi connectivity index (χ4n) is 2.08. The number of carboxylic acid groups (broad SMARTS) is 1. The number of nitrogen functional groups attached to an aromatic ring is 1. The van der Waals surface area contributed by atoms with E-state index in [1.54, 1.807) is 0 Å². The molecule has 1 aromatic rings. The number of rotatable bonds is 5. The van der Waals surface area contributed by atoms with Crippen LogP contribution in [0.4, 0.5) is 15.8 Å². The van der Waals surface area contributed by atoms with E-state index in [1.807, 2.05) is 25.8 Å². The third kappa shape index (κ3) is 2.72. The van der Waals surface area contributed by atoms with E-state index in [0.717, 1.165) is 12.8 Å². The highest BCUT2D eigenvalue weighted by Gasteiger charge is 2.18. The van der Waals surface area contributed by atoms with Gasteiger partial charge in [-0.2, -0.15) is 0 Å². The molecule has 4 nitrogen and oxygen atoms in total. The van der Waals surface area contributed by atoms with Crippen molar-refractivity contribution >= 4 is 17.3 Å². The number of benzene rings is 1. The molecule has 0 aliphatic heterocycles. The number of nitrogens with zero attached hydrogens (tertiary/aromatic N) is 1. The number of carbonyl (C=O) groups is 1. The van der Waals surface area contributed by atoms with Crippen LogP contribution in [0.15, 0.2) is 12.1 Å². The molecule has 0 amide bonds. The maximum atomic E-state index is 13.6. The zero-order valence-electron chi connectivity index (χ0n) is 10.9. The van der Waals surface area contributed by atoms with Crippen molar-refractivity contribution in [1.82, 2.24) is 0 Å². The van der Waals surface area contributed by atoms with Gasteiger partial charge in [0.05, 0.1) is 16.9 Å². The average Bonchev–Trinajstić information content (AvgIpc) is 2.32. The highest BCUT2D eigenvalue weighted by atomic mass is 19.1. The standard InChI is InChI=1S/C13H19FN2O2/c1-4-8(5-2)16(3)12-7-10(14)9(13(17)18)6-11(12)15/h6-8H,4-5,15H2,1-3H3,(H,17,18). The fourth-order valence-corrected chi connectivity index (χ4v) is 2.08. The third-order valence-corrected chi connectivity index (χ3v) is 3.22. The van der Waals surface area contributed by atoms with Gasteiger partial charge in [0.1, 0.15) is 5.82 Å². The second kappa shape index (κ2) is 5.71. The zero-order chi connectivity index (χ0) is 13.9. The molecule has 0 radical (unpaired) electrons. The summed E-state index contributed by atoms with van der Waals surface area (Å²) in [7, 11) is 1.84. The van der Waals surface area contributed by atoms with Crippen molar-refractivity contribution < 1.29 is 14.3 Å². The summed E-state index contributed by atoms with van der Waals surface area (Å²) >= 11 is 0. The van der Waals surface area contributed by atoms with E-state index in [0.29, 0.717) is 5.69 Å². The molecule has 0 bridgehead atoms. The summed E-state index contributed by atoms with van der Waals surface area (Å²) in [6.07, 6.45) is 1.82. The fraction of sp³-hybridized carbons (Fsp3) is 0.462. The van der Waals surface area contributed by atoms with Gasteiger partial charge in [-0.3, -0.25) is 0 Å². The van der Waals surface area contributed by atoms with Gasteiger partial charge in [0, 0.05) is 19.2 Å². The summed E-state index contributed by atoms with van der Waals surface area (Å²) in [4.78, 5) is 12.7. The summed E-state index contributed by atoms with van der Waals surface area (Å²) < 4.78 is 13.6. The van der Waals surface area contributed by atoms with Gasteiger partial charge in [0.15, 0.2) is 0 Å². The number of anilines is 2. The van der Waals surface area contributed by atoms with Crippen LogP contribution in [0.5, 0.6) is 0 Å². The van der Waals surface area contributed by atoms with E-state index in [2.05, 4.69) is 0 Å². The monoisotopic (exact) mass is 254 g/mol. The first kappa shape index (κ1) is 14.3. The molecule has 0 atom stereocenters. The minimum Gasteiger partial charge on any atom is -0.478 e. The molecular weight excluding hydrogens is 235 g/mol. The van der Waals surface area contributed by atoms with Gasteiger partial charge < -0.3 is 15.7 Å². The molecule has 0 aliphatic carbocycles. The Balaban J connectivity index is 3.19. The number of aromatic carboxylic acids is 1. The van der Waals surface area contributed by atoms with Crippen LogP contribution in [0.1, 0.15) is 37.0 Å². The topological polar surface area (TPSA) is 66.6 Å². The first-order valence-corrected chi connectivity index (χ1v) is 5.97. The highest BCUT2D eigenvalue weighted by Crippen LogP contribution is 2.28. The van der Waals surface area contributed by atoms with Crippen LogP contribution in [0.3, 0.4) is 0 Å². The second-order valence-corrected chi connectivity index (χ2v) is 4.28. The maximum Gasteiger partial charge on any atom is 0.338 e. The molecular formula is C13H19FN2O2. The Hall–Kier alpha value is -1.78. The Morgan fingerprint density at radius 2 is 2.00 bits per heavy atom. The molecule has 100 valence electrons. The Labute approximate surface area is 106 Å². The maximum absolute atomic E-state index is 13.6. The Bertz CT molecular complexity index is 445. The molecule has 0 fully saturated rings. The van der Waals surface area contributed by atoms with Gasteiger partial charge in [0.25, 0.3) is 0 Å². The van der Waals surface area contributed by atoms with Gasteiger partial charge in [0.2, 0.25) is 0 Å². The van der Waals surface area contributed by atoms with E-state index < -0.39 is 17.3 Å². The molecule has 0 aromatic heterocycles. The van der Waals surface area contributed by atoms with Crippen molar-refractivity contribution in [2.75, 3.05) is 17.7 Å². The minimum atomic E-state index is -1.31. The van der Waals surface area contributed by atoms with Gasteiger partial charge in [-0.05, 0) is 18.9 Å². The van der Waals surface area contributed by atoms with E-state index in [4.69, 9.17) is 10.8 Å². The van der Waals surface area contributed by atoms with E-state index in [9.17, 15) is 9.18 Å². The lowest BCUT2D eigenvalue weighted by Gasteiger charge is -2.29. The summed E-state index contributed by atoms with van der Waals surface area (Å²) in [5.41, 5.74) is 6.22. The van der Waals surface area contributed by atoms with E-state index >= 15 is 0 Å². The predicted octanol–water partition coefficient (Wildman–Crippen LogP) is 2.73. The summed E-state index contributed by atoms with van der Waals surface area (Å²) in [5, 5.41) is 8.81. The van der Waals surface area contributed by atoms with Gasteiger partial charge >= 0.3 is 5.97 Å². The predicted molar refractivity (Wildman–Crippen MR) is 70.5 cm³/mol. The van der Waals surface area contributed by atoms with Crippen LogP contribution in [-0.2, 0) is 0 Å². The van der Waals surface area contributed by atoms with Crippen molar-refractivity contribution in [2.45, 2.75) is 32.7 Å². The molecule has 3 N–H and O–H groups in total. The van der Waals surface area contributed by atoms with Crippen LogP contribution in [0.2, 0.25) is 0 Å². The smallest absolute Gasteiger partial charge is 0.338 e. The summed E-state index contributed by atoms with van der Waals surface area (Å²) in [6, 6.07) is 2.62.